The molecule has 2 fully saturated rings. The highest BCUT2D eigenvalue weighted by atomic mass is 19.4. The van der Waals surface area contributed by atoms with Gasteiger partial charge in [0, 0.05) is 31.6 Å². The van der Waals surface area contributed by atoms with Gasteiger partial charge in [-0.1, -0.05) is 0 Å². The van der Waals surface area contributed by atoms with E-state index in [1.54, 1.807) is 0 Å². The fraction of sp³-hybridized carbons (Fsp3) is 0.929. The van der Waals surface area contributed by atoms with Crippen molar-refractivity contribution in [1.29, 1.82) is 0 Å². The number of likely N-dealkylation sites (tertiary alicyclic amines) is 1. The van der Waals surface area contributed by atoms with Crippen molar-refractivity contribution < 1.29 is 18.0 Å². The lowest BCUT2D eigenvalue weighted by Crippen LogP contribution is -2.56. The van der Waals surface area contributed by atoms with Crippen LogP contribution >= 0.6 is 0 Å². The molecule has 2 aliphatic rings. The lowest BCUT2D eigenvalue weighted by Gasteiger charge is -2.42. The highest BCUT2D eigenvalue weighted by Crippen LogP contribution is 2.30. The van der Waals surface area contributed by atoms with Crippen molar-refractivity contribution in [2.45, 2.75) is 57.4 Å². The van der Waals surface area contributed by atoms with Gasteiger partial charge in [-0.2, -0.15) is 13.2 Å². The average Bonchev–Trinajstić information content (AvgIpc) is 2.60. The Kier molecular flexibility index (Phi) is 5.14. The van der Waals surface area contributed by atoms with Crippen LogP contribution in [0.15, 0.2) is 0 Å². The van der Waals surface area contributed by atoms with Crippen LogP contribution in [0.5, 0.6) is 0 Å². The Bertz CT molecular complexity index is 365. The Morgan fingerprint density at radius 3 is 2.33 bits per heavy atom. The quantitative estimate of drug-likeness (QED) is 0.842. The molecular formula is C14H24F3N3O. The van der Waals surface area contributed by atoms with Crippen molar-refractivity contribution in [2.24, 2.45) is 0 Å². The number of hydrogen-bond acceptors (Lipinski definition) is 3. The smallest absolute Gasteiger partial charge is 0.354 e. The van der Waals surface area contributed by atoms with Gasteiger partial charge in [0.2, 0.25) is 5.91 Å². The summed E-state index contributed by atoms with van der Waals surface area (Å²) in [6.45, 7) is 5.73. The molecule has 1 N–H and O–H groups in total. The standard InChI is InChI=1S/C14H24F3N3O/c1-10(2)19-6-3-11(4-7-19)20-8-5-13(21)18-9-12(20)14(15,16)17/h10-12H,3-9H2,1-2H3,(H,18,21). The predicted octanol–water partition coefficient (Wildman–Crippen LogP) is 1.61. The third-order valence-electron chi connectivity index (χ3n) is 4.57. The molecule has 21 heavy (non-hydrogen) atoms. The second-order valence-corrected chi connectivity index (χ2v) is 6.21. The van der Waals surface area contributed by atoms with Crippen LogP contribution in [0.4, 0.5) is 13.2 Å². The number of rotatable bonds is 2. The third-order valence-corrected chi connectivity index (χ3v) is 4.57. The van der Waals surface area contributed by atoms with E-state index in [9.17, 15) is 18.0 Å². The topological polar surface area (TPSA) is 35.6 Å². The number of halogens is 3. The normalized spacial score (nSPS) is 27.7. The van der Waals surface area contributed by atoms with Crippen molar-refractivity contribution in [1.82, 2.24) is 15.1 Å². The lowest BCUT2D eigenvalue weighted by atomic mass is 9.99. The van der Waals surface area contributed by atoms with Crippen molar-refractivity contribution in [3.05, 3.63) is 0 Å². The second-order valence-electron chi connectivity index (χ2n) is 6.21. The van der Waals surface area contributed by atoms with E-state index in [2.05, 4.69) is 24.1 Å². The summed E-state index contributed by atoms with van der Waals surface area (Å²) in [4.78, 5) is 15.2. The molecule has 7 heteroatoms. The maximum absolute atomic E-state index is 13.3. The summed E-state index contributed by atoms with van der Waals surface area (Å²) in [7, 11) is 0. The molecule has 4 nitrogen and oxygen atoms in total. The molecule has 122 valence electrons. The third kappa shape index (κ3) is 4.10. The van der Waals surface area contributed by atoms with Crippen molar-refractivity contribution in [3.63, 3.8) is 0 Å². The van der Waals surface area contributed by atoms with Gasteiger partial charge >= 0.3 is 6.18 Å². The molecule has 1 unspecified atom stereocenters. The van der Waals surface area contributed by atoms with Crippen LogP contribution in [-0.4, -0.2) is 66.2 Å². The number of amides is 1. The SMILES string of the molecule is CC(C)N1CCC(N2CCC(=O)NCC2C(F)(F)F)CC1. The fourth-order valence-electron chi connectivity index (χ4n) is 3.28. The van der Waals surface area contributed by atoms with Crippen molar-refractivity contribution in [2.75, 3.05) is 26.2 Å². The molecule has 2 rings (SSSR count). The molecule has 0 aromatic rings. The number of carbonyl (C=O) groups is 1. The molecular weight excluding hydrogens is 283 g/mol. The predicted molar refractivity (Wildman–Crippen MR) is 73.9 cm³/mol. The molecule has 2 saturated heterocycles. The van der Waals surface area contributed by atoms with Crippen LogP contribution in [0.1, 0.15) is 33.1 Å². The van der Waals surface area contributed by atoms with Gasteiger partial charge in [-0.15, -0.1) is 0 Å². The first-order chi connectivity index (χ1) is 9.79. The molecule has 1 amide bonds. The number of alkyl halides is 3. The molecule has 0 aromatic carbocycles. The first kappa shape index (κ1) is 16.5. The minimum atomic E-state index is -4.30. The molecule has 0 aromatic heterocycles. The summed E-state index contributed by atoms with van der Waals surface area (Å²) in [5.41, 5.74) is 0. The molecule has 2 aliphatic heterocycles. The van der Waals surface area contributed by atoms with Gasteiger partial charge in [-0.3, -0.25) is 9.69 Å². The summed E-state index contributed by atoms with van der Waals surface area (Å²) in [5.74, 6) is -0.286. The Balaban J connectivity index is 2.06. The van der Waals surface area contributed by atoms with E-state index in [-0.39, 0.29) is 31.5 Å². The summed E-state index contributed by atoms with van der Waals surface area (Å²) in [5, 5.41) is 2.39. The van der Waals surface area contributed by atoms with Crippen LogP contribution in [0.2, 0.25) is 0 Å². The van der Waals surface area contributed by atoms with Gasteiger partial charge in [-0.25, -0.2) is 0 Å². The highest BCUT2D eigenvalue weighted by Gasteiger charge is 2.47. The zero-order valence-electron chi connectivity index (χ0n) is 12.6. The van der Waals surface area contributed by atoms with Gasteiger partial charge in [0.25, 0.3) is 0 Å². The van der Waals surface area contributed by atoms with E-state index in [1.807, 2.05) is 0 Å². The molecule has 0 radical (unpaired) electrons. The summed E-state index contributed by atoms with van der Waals surface area (Å²) in [6, 6.07) is -1.21. The second kappa shape index (κ2) is 6.52. The summed E-state index contributed by atoms with van der Waals surface area (Å²) >= 11 is 0. The molecule has 0 bridgehead atoms. The highest BCUT2D eigenvalue weighted by molar-refractivity contribution is 5.76. The van der Waals surface area contributed by atoms with E-state index in [0.717, 1.165) is 25.9 Å². The monoisotopic (exact) mass is 307 g/mol. The van der Waals surface area contributed by atoms with E-state index < -0.39 is 12.2 Å². The zero-order valence-corrected chi connectivity index (χ0v) is 12.6. The largest absolute Gasteiger partial charge is 0.405 e. The number of carbonyl (C=O) groups excluding carboxylic acids is 1. The maximum atomic E-state index is 13.3. The van der Waals surface area contributed by atoms with Crippen LogP contribution < -0.4 is 5.32 Å². The zero-order chi connectivity index (χ0) is 15.6. The number of nitrogens with one attached hydrogen (secondary N) is 1. The minimum Gasteiger partial charge on any atom is -0.354 e. The molecule has 2 heterocycles. The number of nitrogens with zero attached hydrogens (tertiary/aromatic N) is 2. The fourth-order valence-corrected chi connectivity index (χ4v) is 3.28. The van der Waals surface area contributed by atoms with E-state index in [1.165, 1.54) is 4.90 Å². The van der Waals surface area contributed by atoms with Crippen molar-refractivity contribution >= 4 is 5.91 Å². The van der Waals surface area contributed by atoms with E-state index in [0.29, 0.717) is 6.04 Å². The molecule has 1 atom stereocenters. The Hall–Kier alpha value is -0.820. The first-order valence-electron chi connectivity index (χ1n) is 7.62. The first-order valence-corrected chi connectivity index (χ1v) is 7.62. The number of hydrogen-bond donors (Lipinski definition) is 1. The summed E-state index contributed by atoms with van der Waals surface area (Å²) in [6.07, 6.45) is -2.68. The van der Waals surface area contributed by atoms with Crippen LogP contribution in [0, 0.1) is 0 Å². The van der Waals surface area contributed by atoms with Gasteiger partial charge in [0.1, 0.15) is 6.04 Å². The lowest BCUT2D eigenvalue weighted by molar-refractivity contribution is -0.188. The molecule has 0 spiro atoms. The Morgan fingerprint density at radius 2 is 1.81 bits per heavy atom. The van der Waals surface area contributed by atoms with Gasteiger partial charge in [0.15, 0.2) is 0 Å². The molecule has 0 saturated carbocycles. The Morgan fingerprint density at radius 1 is 1.19 bits per heavy atom. The Labute approximate surface area is 123 Å². The van der Waals surface area contributed by atoms with Crippen LogP contribution in [0.25, 0.3) is 0 Å². The average molecular weight is 307 g/mol. The number of piperidine rings is 1. The van der Waals surface area contributed by atoms with Gasteiger partial charge in [-0.05, 0) is 39.8 Å². The van der Waals surface area contributed by atoms with Gasteiger partial charge < -0.3 is 10.2 Å². The van der Waals surface area contributed by atoms with Gasteiger partial charge in [0.05, 0.1) is 0 Å². The van der Waals surface area contributed by atoms with Crippen LogP contribution in [-0.2, 0) is 4.79 Å². The molecule has 0 aliphatic carbocycles. The van der Waals surface area contributed by atoms with E-state index in [4.69, 9.17) is 0 Å². The minimum absolute atomic E-state index is 0.0840. The maximum Gasteiger partial charge on any atom is 0.405 e. The summed E-state index contributed by atoms with van der Waals surface area (Å²) < 4.78 is 39.8. The van der Waals surface area contributed by atoms with Crippen molar-refractivity contribution in [3.8, 4) is 0 Å². The van der Waals surface area contributed by atoms with Crippen LogP contribution in [0.3, 0.4) is 0 Å². The van der Waals surface area contributed by atoms with E-state index >= 15 is 0 Å².